The molecule has 2 aliphatic rings. The number of anilines is 1. The highest BCUT2D eigenvalue weighted by molar-refractivity contribution is 6.33. The van der Waals surface area contributed by atoms with Crippen LogP contribution in [0, 0.1) is 0 Å². The van der Waals surface area contributed by atoms with Crippen LogP contribution in [0.3, 0.4) is 0 Å². The Balaban J connectivity index is 1.59. The van der Waals surface area contributed by atoms with Gasteiger partial charge in [-0.15, -0.1) is 0 Å². The molecule has 0 spiro atoms. The number of hydrogen-bond acceptors (Lipinski definition) is 7. The maximum Gasteiger partial charge on any atom is 0.338 e. The number of ether oxygens (including phenoxy) is 2. The van der Waals surface area contributed by atoms with E-state index in [9.17, 15) is 19.2 Å². The monoisotopic (exact) mass is 466 g/mol. The molecule has 0 bridgehead atoms. The van der Waals surface area contributed by atoms with Crippen molar-refractivity contribution in [2.24, 2.45) is 5.73 Å². The largest absolute Gasteiger partial charge is 0.464 e. The number of carbonyl (C=O) groups excluding carboxylic acids is 4. The summed E-state index contributed by atoms with van der Waals surface area (Å²) in [6, 6.07) is 6.54. The number of epoxide rings is 1. The number of benzene rings is 1. The Morgan fingerprint density at radius 3 is 2.50 bits per heavy atom. The number of nitrogens with zero attached hydrogens (tertiary/aromatic N) is 2. The number of para-hydroxylation sites is 1. The average Bonchev–Trinajstić information content (AvgIpc) is 3.58. The number of esters is 1. The van der Waals surface area contributed by atoms with Crippen LogP contribution in [0.25, 0.3) is 0 Å². The van der Waals surface area contributed by atoms with E-state index in [0.29, 0.717) is 31.2 Å². The predicted molar refractivity (Wildman–Crippen MR) is 116 cm³/mol. The van der Waals surface area contributed by atoms with Gasteiger partial charge < -0.3 is 30.3 Å². The zero-order valence-electron chi connectivity index (χ0n) is 17.8. The molecule has 11 heteroatoms. The highest BCUT2D eigenvalue weighted by atomic mass is 35.5. The Bertz CT molecular complexity index is 874. The SMILES string of the molecule is CCOC(=O)[C@H]1O[C@@H]1C(=O)N[C@@H](CCC(N)=O)C(=O)N1CCN(c2ccccc2Cl)CC1. The van der Waals surface area contributed by atoms with E-state index in [1.165, 1.54) is 0 Å². The summed E-state index contributed by atoms with van der Waals surface area (Å²) in [6.07, 6.45) is -1.99. The van der Waals surface area contributed by atoms with Gasteiger partial charge in [0.25, 0.3) is 5.91 Å². The third kappa shape index (κ3) is 5.89. The summed E-state index contributed by atoms with van der Waals surface area (Å²) < 4.78 is 9.93. The summed E-state index contributed by atoms with van der Waals surface area (Å²) in [7, 11) is 0. The maximum atomic E-state index is 13.1. The first kappa shape index (κ1) is 23.8. The van der Waals surface area contributed by atoms with E-state index >= 15 is 0 Å². The van der Waals surface area contributed by atoms with Crippen LogP contribution in [-0.4, -0.2) is 79.6 Å². The first-order valence-electron chi connectivity index (χ1n) is 10.5. The second-order valence-electron chi connectivity index (χ2n) is 7.56. The van der Waals surface area contributed by atoms with Gasteiger partial charge in [0.1, 0.15) is 6.04 Å². The van der Waals surface area contributed by atoms with Crippen molar-refractivity contribution in [1.29, 1.82) is 0 Å². The normalized spacial score (nSPS) is 20.9. The van der Waals surface area contributed by atoms with Crippen LogP contribution in [0.5, 0.6) is 0 Å². The topological polar surface area (TPSA) is 135 Å². The number of halogens is 1. The first-order chi connectivity index (χ1) is 15.3. The molecule has 3 N–H and O–H groups in total. The lowest BCUT2D eigenvalue weighted by Gasteiger charge is -2.38. The van der Waals surface area contributed by atoms with E-state index in [4.69, 9.17) is 26.8 Å². The number of nitrogens with two attached hydrogens (primary N) is 1. The van der Waals surface area contributed by atoms with Gasteiger partial charge in [-0.3, -0.25) is 14.4 Å². The molecule has 0 unspecified atom stereocenters. The fraction of sp³-hybridized carbons (Fsp3) is 0.524. The number of primary amides is 1. The van der Waals surface area contributed by atoms with Crippen molar-refractivity contribution in [3.8, 4) is 0 Å². The third-order valence-corrected chi connectivity index (χ3v) is 5.67. The van der Waals surface area contributed by atoms with Crippen molar-refractivity contribution >= 4 is 41.0 Å². The molecule has 0 saturated carbocycles. The molecule has 3 atom stereocenters. The van der Waals surface area contributed by atoms with Crippen molar-refractivity contribution in [2.45, 2.75) is 38.0 Å². The molecular formula is C21H27ClN4O6. The molecule has 3 rings (SSSR count). The number of nitrogens with one attached hydrogen (secondary N) is 1. The lowest BCUT2D eigenvalue weighted by molar-refractivity contribution is -0.144. The van der Waals surface area contributed by atoms with E-state index in [1.807, 2.05) is 24.3 Å². The van der Waals surface area contributed by atoms with Crippen LogP contribution >= 0.6 is 11.6 Å². The van der Waals surface area contributed by atoms with Gasteiger partial charge in [-0.25, -0.2) is 4.79 Å². The van der Waals surface area contributed by atoms with E-state index in [1.54, 1.807) is 11.8 Å². The number of hydrogen-bond donors (Lipinski definition) is 2. The Hall–Kier alpha value is -2.85. The number of amides is 3. The average molecular weight is 467 g/mol. The molecule has 0 aliphatic carbocycles. The maximum absolute atomic E-state index is 13.1. The van der Waals surface area contributed by atoms with Gasteiger partial charge in [-0.1, -0.05) is 23.7 Å². The summed E-state index contributed by atoms with van der Waals surface area (Å²) >= 11 is 6.27. The molecule has 2 aliphatic heterocycles. The summed E-state index contributed by atoms with van der Waals surface area (Å²) in [4.78, 5) is 52.3. The Labute approximate surface area is 190 Å². The van der Waals surface area contributed by atoms with Gasteiger partial charge in [0.15, 0.2) is 12.2 Å². The molecular weight excluding hydrogens is 440 g/mol. The summed E-state index contributed by atoms with van der Waals surface area (Å²) in [5, 5.41) is 3.24. The Morgan fingerprint density at radius 1 is 1.19 bits per heavy atom. The molecule has 10 nitrogen and oxygen atoms in total. The van der Waals surface area contributed by atoms with Crippen molar-refractivity contribution < 1.29 is 28.7 Å². The molecule has 2 saturated heterocycles. The van der Waals surface area contributed by atoms with Gasteiger partial charge in [0.05, 0.1) is 17.3 Å². The predicted octanol–water partition coefficient (Wildman–Crippen LogP) is 0.0694. The summed E-state index contributed by atoms with van der Waals surface area (Å²) in [5.74, 6) is -2.11. The first-order valence-corrected chi connectivity index (χ1v) is 10.9. The van der Waals surface area contributed by atoms with Crippen LogP contribution < -0.4 is 16.0 Å². The molecule has 0 radical (unpaired) electrons. The fourth-order valence-electron chi connectivity index (χ4n) is 3.61. The number of rotatable bonds is 9. The minimum atomic E-state index is -1.00. The smallest absolute Gasteiger partial charge is 0.338 e. The third-order valence-electron chi connectivity index (χ3n) is 5.35. The van der Waals surface area contributed by atoms with Gasteiger partial charge >= 0.3 is 5.97 Å². The minimum Gasteiger partial charge on any atom is -0.464 e. The number of carbonyl (C=O) groups is 4. The van der Waals surface area contributed by atoms with Crippen molar-refractivity contribution in [3.05, 3.63) is 29.3 Å². The van der Waals surface area contributed by atoms with Crippen molar-refractivity contribution in [3.63, 3.8) is 0 Å². The minimum absolute atomic E-state index is 0.0570. The zero-order chi connectivity index (χ0) is 23.3. The van der Waals surface area contributed by atoms with Gasteiger partial charge in [-0.05, 0) is 25.5 Å². The Morgan fingerprint density at radius 2 is 1.88 bits per heavy atom. The molecule has 174 valence electrons. The highest BCUT2D eigenvalue weighted by Gasteiger charge is 2.52. The van der Waals surface area contributed by atoms with Crippen LogP contribution in [0.2, 0.25) is 5.02 Å². The molecule has 0 aromatic heterocycles. The molecule has 3 amide bonds. The van der Waals surface area contributed by atoms with Crippen LogP contribution in [0.4, 0.5) is 5.69 Å². The molecule has 1 aromatic rings. The highest BCUT2D eigenvalue weighted by Crippen LogP contribution is 2.27. The van der Waals surface area contributed by atoms with E-state index < -0.39 is 36.0 Å². The molecule has 32 heavy (non-hydrogen) atoms. The quantitative estimate of drug-likeness (QED) is 0.388. The van der Waals surface area contributed by atoms with Crippen LogP contribution in [0.15, 0.2) is 24.3 Å². The van der Waals surface area contributed by atoms with E-state index in [2.05, 4.69) is 10.2 Å². The summed E-state index contributed by atoms with van der Waals surface area (Å²) in [6.45, 7) is 3.83. The molecule has 2 fully saturated rings. The zero-order valence-corrected chi connectivity index (χ0v) is 18.5. The lowest BCUT2D eigenvalue weighted by atomic mass is 10.1. The fourth-order valence-corrected chi connectivity index (χ4v) is 3.86. The second kappa shape index (κ2) is 10.6. The Kier molecular flexibility index (Phi) is 7.92. The molecule has 2 heterocycles. The van der Waals surface area contributed by atoms with Crippen LogP contribution in [0.1, 0.15) is 19.8 Å². The van der Waals surface area contributed by atoms with Gasteiger partial charge in [0.2, 0.25) is 11.8 Å². The summed E-state index contributed by atoms with van der Waals surface area (Å²) in [5.41, 5.74) is 6.13. The van der Waals surface area contributed by atoms with Crippen LogP contribution in [-0.2, 0) is 28.7 Å². The van der Waals surface area contributed by atoms with Crippen molar-refractivity contribution in [2.75, 3.05) is 37.7 Å². The van der Waals surface area contributed by atoms with Crippen molar-refractivity contribution in [1.82, 2.24) is 10.2 Å². The number of piperazine rings is 1. The van der Waals surface area contributed by atoms with E-state index in [0.717, 1.165) is 5.69 Å². The lowest BCUT2D eigenvalue weighted by Crippen LogP contribution is -2.55. The van der Waals surface area contributed by atoms with E-state index in [-0.39, 0.29) is 25.4 Å². The van der Waals surface area contributed by atoms with Gasteiger partial charge in [-0.2, -0.15) is 0 Å². The molecule has 1 aromatic carbocycles. The second-order valence-corrected chi connectivity index (χ2v) is 7.97. The standard InChI is InChI=1S/C21H27ClN4O6/c1-2-31-21(30)18-17(32-18)19(28)24-14(7-8-16(23)27)20(29)26-11-9-25(10-12-26)15-6-4-3-5-13(15)22/h3-6,14,17-18H,2,7-12H2,1H3,(H2,23,27)(H,24,28)/t14-,17-,18-/m0/s1. The van der Waals surface area contributed by atoms with Gasteiger partial charge in [0, 0.05) is 32.6 Å².